The largest absolute Gasteiger partial charge is 0.368 e. The number of benzene rings is 1. The van der Waals surface area contributed by atoms with E-state index >= 15 is 0 Å². The molecule has 130 valence electrons. The van der Waals surface area contributed by atoms with Crippen LogP contribution in [0.4, 0.5) is 5.69 Å². The molecule has 6 nitrogen and oxygen atoms in total. The first-order valence-electron chi connectivity index (χ1n) is 8.43. The van der Waals surface area contributed by atoms with Gasteiger partial charge in [0.05, 0.1) is 12.6 Å². The van der Waals surface area contributed by atoms with Crippen molar-refractivity contribution in [2.45, 2.75) is 18.9 Å². The molecular formula is C17H23ClN4O2. The minimum Gasteiger partial charge on any atom is -0.368 e. The maximum atomic E-state index is 12.3. The lowest BCUT2D eigenvalue weighted by atomic mass is 10.2. The lowest BCUT2D eigenvalue weighted by Crippen LogP contribution is -2.52. The molecule has 2 aliphatic rings. The van der Waals surface area contributed by atoms with E-state index in [1.165, 1.54) is 0 Å². The van der Waals surface area contributed by atoms with Gasteiger partial charge in [-0.3, -0.25) is 9.59 Å². The number of piperazine rings is 1. The third-order valence-electron chi connectivity index (χ3n) is 4.61. The van der Waals surface area contributed by atoms with Crippen LogP contribution in [0.15, 0.2) is 24.3 Å². The number of hydrogen-bond acceptors (Lipinski definition) is 4. The third-order valence-corrected chi connectivity index (χ3v) is 4.87. The molecule has 2 saturated heterocycles. The average molecular weight is 351 g/mol. The zero-order valence-electron chi connectivity index (χ0n) is 13.6. The van der Waals surface area contributed by atoms with Gasteiger partial charge < -0.3 is 20.4 Å². The molecule has 2 aliphatic heterocycles. The number of anilines is 1. The predicted octanol–water partition coefficient (Wildman–Crippen LogP) is 0.857. The van der Waals surface area contributed by atoms with Crippen LogP contribution in [-0.4, -0.2) is 62.0 Å². The van der Waals surface area contributed by atoms with Gasteiger partial charge in [-0.2, -0.15) is 0 Å². The van der Waals surface area contributed by atoms with Crippen molar-refractivity contribution in [2.24, 2.45) is 0 Å². The van der Waals surface area contributed by atoms with Gasteiger partial charge in [-0.25, -0.2) is 0 Å². The van der Waals surface area contributed by atoms with E-state index in [1.54, 1.807) is 0 Å². The van der Waals surface area contributed by atoms with Gasteiger partial charge in [-0.15, -0.1) is 0 Å². The van der Waals surface area contributed by atoms with Gasteiger partial charge >= 0.3 is 0 Å². The van der Waals surface area contributed by atoms with Crippen molar-refractivity contribution in [1.29, 1.82) is 0 Å². The highest BCUT2D eigenvalue weighted by Crippen LogP contribution is 2.19. The van der Waals surface area contributed by atoms with Gasteiger partial charge in [0.25, 0.3) is 0 Å². The first-order valence-corrected chi connectivity index (χ1v) is 8.80. The van der Waals surface area contributed by atoms with Crippen LogP contribution in [0.5, 0.6) is 0 Å². The Labute approximate surface area is 147 Å². The van der Waals surface area contributed by atoms with Crippen molar-refractivity contribution in [1.82, 2.24) is 15.5 Å². The summed E-state index contributed by atoms with van der Waals surface area (Å²) in [5, 5.41) is 6.61. The SMILES string of the molecule is O=C(NCC(=O)N1CCN(c2ccc(Cl)cc2)CC1)C1CCCN1. The van der Waals surface area contributed by atoms with E-state index in [2.05, 4.69) is 15.5 Å². The summed E-state index contributed by atoms with van der Waals surface area (Å²) in [6.07, 6.45) is 1.86. The van der Waals surface area contributed by atoms with Crippen LogP contribution < -0.4 is 15.5 Å². The van der Waals surface area contributed by atoms with E-state index in [4.69, 9.17) is 11.6 Å². The molecule has 0 aliphatic carbocycles. The normalized spacial score (nSPS) is 21.0. The summed E-state index contributed by atoms with van der Waals surface area (Å²) in [6, 6.07) is 7.60. The van der Waals surface area contributed by atoms with Crippen molar-refractivity contribution < 1.29 is 9.59 Å². The number of carbonyl (C=O) groups excluding carboxylic acids is 2. The number of halogens is 1. The molecule has 0 spiro atoms. The van der Waals surface area contributed by atoms with Crippen molar-refractivity contribution >= 4 is 29.1 Å². The molecule has 1 unspecified atom stereocenters. The summed E-state index contributed by atoms with van der Waals surface area (Å²) in [5.74, 6) is -0.0854. The molecule has 7 heteroatoms. The van der Waals surface area contributed by atoms with Gasteiger partial charge in [0.15, 0.2) is 0 Å². The van der Waals surface area contributed by atoms with E-state index < -0.39 is 0 Å². The lowest BCUT2D eigenvalue weighted by molar-refractivity contribution is -0.133. The van der Waals surface area contributed by atoms with E-state index in [0.29, 0.717) is 13.1 Å². The van der Waals surface area contributed by atoms with E-state index in [1.807, 2.05) is 29.2 Å². The number of carbonyl (C=O) groups is 2. The Hall–Kier alpha value is -1.79. The second-order valence-electron chi connectivity index (χ2n) is 6.21. The second kappa shape index (κ2) is 7.85. The average Bonchev–Trinajstić information content (AvgIpc) is 3.15. The Morgan fingerprint density at radius 1 is 1.17 bits per heavy atom. The Kier molecular flexibility index (Phi) is 5.58. The van der Waals surface area contributed by atoms with E-state index in [0.717, 1.165) is 43.2 Å². The monoisotopic (exact) mass is 350 g/mol. The maximum Gasteiger partial charge on any atom is 0.242 e. The minimum atomic E-state index is -0.139. The topological polar surface area (TPSA) is 64.7 Å². The van der Waals surface area contributed by atoms with Crippen LogP contribution in [0.1, 0.15) is 12.8 Å². The Bertz CT molecular complexity index is 579. The molecule has 24 heavy (non-hydrogen) atoms. The highest BCUT2D eigenvalue weighted by atomic mass is 35.5. The molecule has 2 amide bonds. The first kappa shape index (κ1) is 17.0. The van der Waals surface area contributed by atoms with Crippen LogP contribution >= 0.6 is 11.6 Å². The van der Waals surface area contributed by atoms with Crippen LogP contribution in [0, 0.1) is 0 Å². The van der Waals surface area contributed by atoms with Gasteiger partial charge in [0.1, 0.15) is 0 Å². The van der Waals surface area contributed by atoms with Gasteiger partial charge in [-0.1, -0.05) is 11.6 Å². The fourth-order valence-corrected chi connectivity index (χ4v) is 3.30. The summed E-state index contributed by atoms with van der Waals surface area (Å²) in [7, 11) is 0. The molecule has 0 bridgehead atoms. The Balaban J connectivity index is 1.43. The standard InChI is InChI=1S/C17H23ClN4O2/c18-13-3-5-14(6-4-13)21-8-10-22(11-9-21)16(23)12-20-17(24)15-2-1-7-19-15/h3-6,15,19H,1-2,7-12H2,(H,20,24). The molecule has 0 saturated carbocycles. The van der Waals surface area contributed by atoms with Crippen LogP contribution in [0.2, 0.25) is 5.02 Å². The third kappa shape index (κ3) is 4.19. The van der Waals surface area contributed by atoms with Crippen LogP contribution in [0.3, 0.4) is 0 Å². The predicted molar refractivity (Wildman–Crippen MR) is 94.3 cm³/mol. The zero-order valence-corrected chi connectivity index (χ0v) is 14.4. The second-order valence-corrected chi connectivity index (χ2v) is 6.65. The highest BCUT2D eigenvalue weighted by molar-refractivity contribution is 6.30. The lowest BCUT2D eigenvalue weighted by Gasteiger charge is -2.36. The van der Waals surface area contributed by atoms with Crippen molar-refractivity contribution in [3.05, 3.63) is 29.3 Å². The van der Waals surface area contributed by atoms with Gasteiger partial charge in [0.2, 0.25) is 11.8 Å². The molecule has 1 atom stereocenters. The summed E-state index contributed by atoms with van der Waals surface area (Å²) in [6.45, 7) is 3.85. The fraction of sp³-hybridized carbons (Fsp3) is 0.529. The smallest absolute Gasteiger partial charge is 0.242 e. The Morgan fingerprint density at radius 2 is 1.88 bits per heavy atom. The number of nitrogens with zero attached hydrogens (tertiary/aromatic N) is 2. The van der Waals surface area contributed by atoms with E-state index in [9.17, 15) is 9.59 Å². The summed E-state index contributed by atoms with van der Waals surface area (Å²) >= 11 is 5.91. The molecule has 3 rings (SSSR count). The fourth-order valence-electron chi connectivity index (χ4n) is 3.17. The molecule has 2 N–H and O–H groups in total. The minimum absolute atomic E-state index is 0.0166. The highest BCUT2D eigenvalue weighted by Gasteiger charge is 2.24. The van der Waals surface area contributed by atoms with Crippen molar-refractivity contribution in [3.63, 3.8) is 0 Å². The van der Waals surface area contributed by atoms with Crippen LogP contribution in [-0.2, 0) is 9.59 Å². The summed E-state index contributed by atoms with van der Waals surface area (Å²) in [5.41, 5.74) is 1.12. The van der Waals surface area contributed by atoms with Crippen LogP contribution in [0.25, 0.3) is 0 Å². The molecule has 2 fully saturated rings. The quantitative estimate of drug-likeness (QED) is 0.845. The first-order chi connectivity index (χ1) is 11.6. The number of rotatable bonds is 4. The summed E-state index contributed by atoms with van der Waals surface area (Å²) in [4.78, 5) is 28.2. The van der Waals surface area contributed by atoms with Gasteiger partial charge in [0, 0.05) is 36.9 Å². The van der Waals surface area contributed by atoms with Crippen molar-refractivity contribution in [3.8, 4) is 0 Å². The maximum absolute atomic E-state index is 12.3. The molecule has 0 aromatic heterocycles. The summed E-state index contributed by atoms with van der Waals surface area (Å²) < 4.78 is 0. The Morgan fingerprint density at radius 3 is 2.50 bits per heavy atom. The molecular weight excluding hydrogens is 328 g/mol. The molecule has 2 heterocycles. The molecule has 0 radical (unpaired) electrons. The number of hydrogen-bond donors (Lipinski definition) is 2. The molecule has 1 aromatic carbocycles. The van der Waals surface area contributed by atoms with Crippen molar-refractivity contribution in [2.75, 3.05) is 44.2 Å². The number of nitrogens with one attached hydrogen (secondary N) is 2. The zero-order chi connectivity index (χ0) is 16.9. The number of amides is 2. The van der Waals surface area contributed by atoms with E-state index in [-0.39, 0.29) is 24.4 Å². The molecule has 1 aromatic rings. The van der Waals surface area contributed by atoms with Gasteiger partial charge in [-0.05, 0) is 43.7 Å².